The zero-order chi connectivity index (χ0) is 24.8. The molecule has 3 aromatic carbocycles. The van der Waals surface area contributed by atoms with Crippen LogP contribution in [0.2, 0.25) is 0 Å². The first kappa shape index (κ1) is 24.3. The molecule has 1 heterocycles. The maximum atomic E-state index is 13.4. The van der Waals surface area contributed by atoms with E-state index in [1.807, 2.05) is 90.6 Å². The molecule has 1 fully saturated rings. The number of benzene rings is 3. The minimum atomic E-state index is -0.102. The lowest BCUT2D eigenvalue weighted by Crippen LogP contribution is -2.57. The van der Waals surface area contributed by atoms with Crippen LogP contribution >= 0.6 is 0 Å². The number of rotatable bonds is 8. The van der Waals surface area contributed by atoms with Crippen molar-refractivity contribution < 1.29 is 14.3 Å². The summed E-state index contributed by atoms with van der Waals surface area (Å²) in [6.07, 6.45) is 1.62. The van der Waals surface area contributed by atoms with Crippen LogP contribution in [-0.2, 0) is 17.8 Å². The van der Waals surface area contributed by atoms with Crippen LogP contribution in [0.1, 0.15) is 27.9 Å². The number of nitrogens with zero attached hydrogens (tertiary/aromatic N) is 3. The Kier molecular flexibility index (Phi) is 7.70. The first-order valence-electron chi connectivity index (χ1n) is 12.0. The fourth-order valence-electron chi connectivity index (χ4n) is 4.52. The van der Waals surface area contributed by atoms with Gasteiger partial charge in [-0.05, 0) is 60.4 Å². The second-order valence-corrected chi connectivity index (χ2v) is 9.18. The molecule has 1 atom stereocenters. The summed E-state index contributed by atoms with van der Waals surface area (Å²) in [6, 6.07) is 25.5. The van der Waals surface area contributed by atoms with Crippen molar-refractivity contribution in [1.82, 2.24) is 9.80 Å². The maximum absolute atomic E-state index is 13.4. The quantitative estimate of drug-likeness (QED) is 0.493. The summed E-state index contributed by atoms with van der Waals surface area (Å²) < 4.78 is 5.36. The standard InChI is InChI=1S/C29H33N3O3/c1-30(2)25-16-13-24(14-17-25)29(34)31-20-26(15-12-22-8-5-4-6-9-22)32(28(33)21-31)19-23-10-7-11-27(18-23)35-3/h4-11,13-14,16-18,26H,12,15,19-21H2,1-3H3/t26-/m0/s1. The van der Waals surface area contributed by atoms with Crippen molar-refractivity contribution in [1.29, 1.82) is 0 Å². The van der Waals surface area contributed by atoms with E-state index in [4.69, 9.17) is 4.74 Å². The third kappa shape index (κ3) is 6.01. The summed E-state index contributed by atoms with van der Waals surface area (Å²) in [4.78, 5) is 32.3. The Balaban J connectivity index is 1.54. The van der Waals surface area contributed by atoms with Gasteiger partial charge in [-0.15, -0.1) is 0 Å². The van der Waals surface area contributed by atoms with Gasteiger partial charge in [-0.3, -0.25) is 9.59 Å². The lowest BCUT2D eigenvalue weighted by Gasteiger charge is -2.41. The minimum absolute atomic E-state index is 0.0320. The van der Waals surface area contributed by atoms with E-state index in [1.54, 1.807) is 12.0 Å². The minimum Gasteiger partial charge on any atom is -0.497 e. The number of methoxy groups -OCH3 is 1. The third-order valence-corrected chi connectivity index (χ3v) is 6.53. The Morgan fingerprint density at radius 1 is 0.971 bits per heavy atom. The van der Waals surface area contributed by atoms with E-state index in [9.17, 15) is 9.59 Å². The highest BCUT2D eigenvalue weighted by Gasteiger charge is 2.34. The van der Waals surface area contributed by atoms with Gasteiger partial charge >= 0.3 is 0 Å². The average Bonchev–Trinajstić information content (AvgIpc) is 2.89. The Labute approximate surface area is 207 Å². The second kappa shape index (κ2) is 11.1. The highest BCUT2D eigenvalue weighted by atomic mass is 16.5. The first-order valence-corrected chi connectivity index (χ1v) is 12.0. The third-order valence-electron chi connectivity index (χ3n) is 6.53. The van der Waals surface area contributed by atoms with Crippen LogP contribution in [0.4, 0.5) is 5.69 Å². The predicted molar refractivity (Wildman–Crippen MR) is 139 cm³/mol. The van der Waals surface area contributed by atoms with Gasteiger partial charge < -0.3 is 19.4 Å². The predicted octanol–water partition coefficient (Wildman–Crippen LogP) is 4.25. The number of anilines is 1. The molecule has 0 radical (unpaired) electrons. The second-order valence-electron chi connectivity index (χ2n) is 9.18. The van der Waals surface area contributed by atoms with Crippen LogP contribution < -0.4 is 9.64 Å². The number of piperazine rings is 1. The highest BCUT2D eigenvalue weighted by Crippen LogP contribution is 2.23. The lowest BCUT2D eigenvalue weighted by molar-refractivity contribution is -0.139. The topological polar surface area (TPSA) is 53.1 Å². The molecule has 0 bridgehead atoms. The van der Waals surface area contributed by atoms with E-state index < -0.39 is 0 Å². The summed E-state index contributed by atoms with van der Waals surface area (Å²) in [5, 5.41) is 0. The van der Waals surface area contributed by atoms with Crippen molar-refractivity contribution in [3.63, 3.8) is 0 Å². The number of ether oxygens (including phenoxy) is 1. The fraction of sp³-hybridized carbons (Fsp3) is 0.310. The molecule has 0 aliphatic carbocycles. The molecule has 0 spiro atoms. The largest absolute Gasteiger partial charge is 0.497 e. The van der Waals surface area contributed by atoms with Crippen molar-refractivity contribution in [3.05, 3.63) is 95.6 Å². The van der Waals surface area contributed by atoms with Gasteiger partial charge in [0.05, 0.1) is 13.2 Å². The molecule has 0 aromatic heterocycles. The Morgan fingerprint density at radius 2 is 1.69 bits per heavy atom. The molecule has 182 valence electrons. The summed E-state index contributed by atoms with van der Waals surface area (Å²) in [6.45, 7) is 1.09. The van der Waals surface area contributed by atoms with Gasteiger partial charge in [0.1, 0.15) is 12.3 Å². The maximum Gasteiger partial charge on any atom is 0.254 e. The lowest BCUT2D eigenvalue weighted by atomic mass is 10.00. The molecule has 1 saturated heterocycles. The van der Waals surface area contributed by atoms with Crippen LogP contribution in [0.25, 0.3) is 0 Å². The molecular weight excluding hydrogens is 438 g/mol. The molecular formula is C29H33N3O3. The van der Waals surface area contributed by atoms with E-state index in [-0.39, 0.29) is 24.4 Å². The molecule has 0 unspecified atom stereocenters. The van der Waals surface area contributed by atoms with Crippen molar-refractivity contribution in [2.24, 2.45) is 0 Å². The van der Waals surface area contributed by atoms with Crippen molar-refractivity contribution in [2.75, 3.05) is 39.2 Å². The Morgan fingerprint density at radius 3 is 2.37 bits per heavy atom. The number of aryl methyl sites for hydroxylation is 1. The van der Waals surface area contributed by atoms with Gasteiger partial charge in [0.25, 0.3) is 5.91 Å². The first-order chi connectivity index (χ1) is 16.9. The molecule has 1 aliphatic heterocycles. The van der Waals surface area contributed by atoms with Gasteiger partial charge in [0.15, 0.2) is 0 Å². The number of carbonyl (C=O) groups excluding carboxylic acids is 2. The van der Waals surface area contributed by atoms with Crippen LogP contribution in [0.15, 0.2) is 78.9 Å². The highest BCUT2D eigenvalue weighted by molar-refractivity contribution is 5.97. The molecule has 35 heavy (non-hydrogen) atoms. The number of amides is 2. The molecule has 1 aliphatic rings. The molecule has 0 saturated carbocycles. The average molecular weight is 472 g/mol. The van der Waals surface area contributed by atoms with Crippen LogP contribution in [-0.4, -0.2) is 62.0 Å². The summed E-state index contributed by atoms with van der Waals surface area (Å²) in [5.41, 5.74) is 3.87. The van der Waals surface area contributed by atoms with Crippen LogP contribution in [0, 0.1) is 0 Å². The van der Waals surface area contributed by atoms with Crippen LogP contribution in [0.5, 0.6) is 5.75 Å². The van der Waals surface area contributed by atoms with E-state index in [1.165, 1.54) is 5.56 Å². The number of hydrogen-bond donors (Lipinski definition) is 0. The Hall–Kier alpha value is -3.80. The van der Waals surface area contributed by atoms with E-state index in [0.717, 1.165) is 29.8 Å². The molecule has 0 N–H and O–H groups in total. The molecule has 6 heteroatoms. The molecule has 2 amide bonds. The Bertz CT molecular complexity index is 1150. The smallest absolute Gasteiger partial charge is 0.254 e. The number of hydrogen-bond acceptors (Lipinski definition) is 4. The van der Waals surface area contributed by atoms with Crippen molar-refractivity contribution >= 4 is 17.5 Å². The van der Waals surface area contributed by atoms with Gasteiger partial charge in [-0.2, -0.15) is 0 Å². The van der Waals surface area contributed by atoms with E-state index in [2.05, 4.69) is 12.1 Å². The monoisotopic (exact) mass is 471 g/mol. The van der Waals surface area contributed by atoms with E-state index >= 15 is 0 Å². The summed E-state index contributed by atoms with van der Waals surface area (Å²) in [5.74, 6) is 0.635. The summed E-state index contributed by atoms with van der Waals surface area (Å²) >= 11 is 0. The normalized spacial score (nSPS) is 15.7. The van der Waals surface area contributed by atoms with Crippen LogP contribution in [0.3, 0.4) is 0 Å². The summed E-state index contributed by atoms with van der Waals surface area (Å²) in [7, 11) is 5.57. The SMILES string of the molecule is COc1cccc(CN2C(=O)CN(C(=O)c3ccc(N(C)C)cc3)C[C@@H]2CCc2ccccc2)c1. The number of carbonyl (C=O) groups is 2. The van der Waals surface area contributed by atoms with Crippen molar-refractivity contribution in [2.45, 2.75) is 25.4 Å². The molecule has 4 rings (SSSR count). The fourth-order valence-corrected chi connectivity index (χ4v) is 4.52. The molecule has 3 aromatic rings. The molecule has 6 nitrogen and oxygen atoms in total. The van der Waals surface area contributed by atoms with Gasteiger partial charge in [-0.25, -0.2) is 0 Å². The van der Waals surface area contributed by atoms with Gasteiger partial charge in [-0.1, -0.05) is 42.5 Å². The van der Waals surface area contributed by atoms with Crippen molar-refractivity contribution in [3.8, 4) is 5.75 Å². The zero-order valence-corrected chi connectivity index (χ0v) is 20.7. The van der Waals surface area contributed by atoms with Gasteiger partial charge in [0.2, 0.25) is 5.91 Å². The van der Waals surface area contributed by atoms with Gasteiger partial charge in [0, 0.05) is 38.4 Å². The van der Waals surface area contributed by atoms with E-state index in [0.29, 0.717) is 18.7 Å². The zero-order valence-electron chi connectivity index (χ0n) is 20.7.